The number of hydrogen-bond donors (Lipinski definition) is 3. The van der Waals surface area contributed by atoms with Crippen molar-refractivity contribution in [1.82, 2.24) is 25.3 Å². The van der Waals surface area contributed by atoms with E-state index in [1.54, 1.807) is 14.0 Å². The molecular formula is C38H51N5O7S2. The number of nitrogens with zero attached hydrogens (tertiary/aromatic N) is 2. The lowest BCUT2D eigenvalue weighted by Crippen LogP contribution is -2.54. The van der Waals surface area contributed by atoms with Crippen LogP contribution in [0, 0.1) is 24.7 Å². The van der Waals surface area contributed by atoms with E-state index in [0.717, 1.165) is 47.3 Å². The SMILES string of the molecule is CCCCCCNC(=O)[C@@H]1C[C@H](Oc2cc(-c3nc(C(C)C)cs3)nc3c(C)c(OC)ccc23)C[C@H]1C(=O)N[C@]1(C(=O)NS(=O)(=O)C2CC2)C[C@H]1C. The molecule has 3 aliphatic carbocycles. The number of carbonyl (C=O) groups is 3. The smallest absolute Gasteiger partial charge is 0.259 e. The molecule has 3 saturated carbocycles. The quantitative estimate of drug-likeness (QED) is 0.154. The van der Waals surface area contributed by atoms with Crippen LogP contribution in [0.25, 0.3) is 21.6 Å². The fraction of sp³-hybridized carbons (Fsp3) is 0.605. The fourth-order valence-electron chi connectivity index (χ4n) is 7.18. The third-order valence-corrected chi connectivity index (χ3v) is 13.5. The Morgan fingerprint density at radius 1 is 1.04 bits per heavy atom. The molecule has 0 bridgehead atoms. The van der Waals surface area contributed by atoms with Gasteiger partial charge in [-0.1, -0.05) is 47.0 Å². The van der Waals surface area contributed by atoms with E-state index in [0.29, 0.717) is 48.5 Å². The van der Waals surface area contributed by atoms with Gasteiger partial charge in [0.15, 0.2) is 0 Å². The third-order valence-electron chi connectivity index (χ3n) is 10.8. The summed E-state index contributed by atoms with van der Waals surface area (Å²) in [6.07, 6.45) is 5.34. The van der Waals surface area contributed by atoms with Crippen molar-refractivity contribution in [1.29, 1.82) is 0 Å². The molecule has 12 nitrogen and oxygen atoms in total. The molecule has 3 fully saturated rings. The Kier molecular flexibility index (Phi) is 11.2. The minimum absolute atomic E-state index is 0.230. The van der Waals surface area contributed by atoms with Gasteiger partial charge >= 0.3 is 0 Å². The second kappa shape index (κ2) is 15.3. The summed E-state index contributed by atoms with van der Waals surface area (Å²) in [5, 5.41) is 8.94. The summed E-state index contributed by atoms with van der Waals surface area (Å²) in [6.45, 7) is 10.6. The zero-order chi connectivity index (χ0) is 37.4. The van der Waals surface area contributed by atoms with Crippen LogP contribution in [-0.4, -0.2) is 66.7 Å². The van der Waals surface area contributed by atoms with Crippen molar-refractivity contribution < 1.29 is 32.3 Å². The largest absolute Gasteiger partial charge is 0.496 e. The highest BCUT2D eigenvalue weighted by Gasteiger charge is 2.61. The molecule has 14 heteroatoms. The standard InChI is InChI=1S/C38H51N5O7S2/c1-7-8-9-10-15-39-34(44)27-16-24(17-28(27)35(45)42-38(19-22(38)4)37(46)43-52(47,48)25-11-12-25)50-32-18-29(36-41-30(20-51-36)21(2)3)40-33-23(5)31(49-6)14-13-26(32)33/h13-14,18,20-22,24-25,27-28H,7-12,15-17,19H2,1-6H3,(H,39,44)(H,42,45)(H,43,46)/t22-,24+,27-,28-,38-/m1/s1. The topological polar surface area (TPSA) is 166 Å². The van der Waals surface area contributed by atoms with Crippen LogP contribution in [0.2, 0.25) is 0 Å². The van der Waals surface area contributed by atoms with Gasteiger partial charge in [-0.25, -0.2) is 18.4 Å². The van der Waals surface area contributed by atoms with Gasteiger partial charge in [0.25, 0.3) is 5.91 Å². The molecular weight excluding hydrogens is 703 g/mol. The maximum Gasteiger partial charge on any atom is 0.259 e. The number of benzene rings is 1. The van der Waals surface area contributed by atoms with Crippen LogP contribution >= 0.6 is 11.3 Å². The number of thiazole rings is 1. The van der Waals surface area contributed by atoms with Crippen molar-refractivity contribution in [3.05, 3.63) is 34.8 Å². The van der Waals surface area contributed by atoms with Crippen LogP contribution in [-0.2, 0) is 24.4 Å². The van der Waals surface area contributed by atoms with Gasteiger partial charge < -0.3 is 20.1 Å². The molecule has 3 amide bonds. The third kappa shape index (κ3) is 7.92. The van der Waals surface area contributed by atoms with Gasteiger partial charge in [-0.3, -0.25) is 19.1 Å². The number of sulfonamides is 1. The van der Waals surface area contributed by atoms with Crippen LogP contribution in [0.5, 0.6) is 11.5 Å². The second-order valence-corrected chi connectivity index (χ2v) is 17.9. The van der Waals surface area contributed by atoms with Crippen molar-refractivity contribution in [2.24, 2.45) is 17.8 Å². The lowest BCUT2D eigenvalue weighted by Gasteiger charge is -2.23. The van der Waals surface area contributed by atoms with E-state index in [1.165, 1.54) is 11.3 Å². The highest BCUT2D eigenvalue weighted by Crippen LogP contribution is 2.46. The van der Waals surface area contributed by atoms with Gasteiger partial charge in [-0.2, -0.15) is 0 Å². The van der Waals surface area contributed by atoms with Gasteiger partial charge in [0.1, 0.15) is 33.8 Å². The number of fused-ring (bicyclic) bond motifs is 1. The number of nitrogens with one attached hydrogen (secondary N) is 3. The first-order chi connectivity index (χ1) is 24.8. The first kappa shape index (κ1) is 38.0. The molecule has 3 aliphatic rings. The zero-order valence-electron chi connectivity index (χ0n) is 30.9. The summed E-state index contributed by atoms with van der Waals surface area (Å²) < 4.78 is 39.8. The summed E-state index contributed by atoms with van der Waals surface area (Å²) in [4.78, 5) is 51.0. The number of pyridine rings is 1. The summed E-state index contributed by atoms with van der Waals surface area (Å²) in [5.41, 5.74) is 1.85. The molecule has 6 rings (SSSR count). The summed E-state index contributed by atoms with van der Waals surface area (Å²) in [5.74, 6) is -1.64. The molecule has 52 heavy (non-hydrogen) atoms. The Hall–Kier alpha value is -3.78. The van der Waals surface area contributed by atoms with Crippen molar-refractivity contribution in [2.75, 3.05) is 13.7 Å². The Morgan fingerprint density at radius 3 is 2.37 bits per heavy atom. The van der Waals surface area contributed by atoms with E-state index >= 15 is 0 Å². The second-order valence-electron chi connectivity index (χ2n) is 15.0. The molecule has 0 spiro atoms. The summed E-state index contributed by atoms with van der Waals surface area (Å²) in [6, 6.07) is 5.65. The minimum atomic E-state index is -3.80. The number of methoxy groups -OCH3 is 1. The van der Waals surface area contributed by atoms with Crippen molar-refractivity contribution in [2.45, 2.75) is 115 Å². The number of amides is 3. The van der Waals surface area contributed by atoms with E-state index in [-0.39, 0.29) is 30.6 Å². The molecule has 0 unspecified atom stereocenters. The van der Waals surface area contributed by atoms with Crippen LogP contribution < -0.4 is 24.8 Å². The Bertz CT molecular complexity index is 1940. The van der Waals surface area contributed by atoms with Crippen LogP contribution in [0.1, 0.15) is 103 Å². The lowest BCUT2D eigenvalue weighted by molar-refractivity contribution is -0.136. The molecule has 0 saturated heterocycles. The van der Waals surface area contributed by atoms with Crippen molar-refractivity contribution in [3.8, 4) is 22.2 Å². The van der Waals surface area contributed by atoms with E-state index < -0.39 is 50.6 Å². The van der Waals surface area contributed by atoms with Crippen molar-refractivity contribution >= 4 is 50.0 Å². The molecule has 0 aliphatic heterocycles. The van der Waals surface area contributed by atoms with Crippen LogP contribution in [0.15, 0.2) is 23.6 Å². The van der Waals surface area contributed by atoms with Crippen LogP contribution in [0.4, 0.5) is 0 Å². The predicted molar refractivity (Wildman–Crippen MR) is 201 cm³/mol. The van der Waals surface area contributed by atoms with Gasteiger partial charge in [0, 0.05) is 28.9 Å². The molecule has 282 valence electrons. The zero-order valence-corrected chi connectivity index (χ0v) is 32.5. The summed E-state index contributed by atoms with van der Waals surface area (Å²) in [7, 11) is -2.18. The maximum atomic E-state index is 14.1. The monoisotopic (exact) mass is 753 g/mol. The number of aromatic nitrogens is 2. The van der Waals surface area contributed by atoms with E-state index in [9.17, 15) is 22.8 Å². The molecule has 3 aromatic rings. The Morgan fingerprint density at radius 2 is 1.75 bits per heavy atom. The normalized spacial score (nSPS) is 24.1. The first-order valence-corrected chi connectivity index (χ1v) is 21.0. The number of hydrogen-bond acceptors (Lipinski definition) is 10. The fourth-order valence-corrected chi connectivity index (χ4v) is 9.49. The molecule has 2 heterocycles. The maximum absolute atomic E-state index is 14.1. The number of aryl methyl sites for hydroxylation is 1. The Labute approximate surface area is 310 Å². The van der Waals surface area contributed by atoms with Crippen LogP contribution in [0.3, 0.4) is 0 Å². The van der Waals surface area contributed by atoms with Gasteiger partial charge in [-0.15, -0.1) is 11.3 Å². The molecule has 1 aromatic carbocycles. The molecule has 2 aromatic heterocycles. The van der Waals surface area contributed by atoms with E-state index in [4.69, 9.17) is 19.4 Å². The van der Waals surface area contributed by atoms with Crippen molar-refractivity contribution in [3.63, 3.8) is 0 Å². The molecule has 0 radical (unpaired) electrons. The molecule has 3 N–H and O–H groups in total. The highest BCUT2D eigenvalue weighted by atomic mass is 32.2. The molecule has 5 atom stereocenters. The number of carbonyl (C=O) groups excluding carboxylic acids is 3. The minimum Gasteiger partial charge on any atom is -0.496 e. The number of ether oxygens (including phenoxy) is 2. The summed E-state index contributed by atoms with van der Waals surface area (Å²) >= 11 is 1.51. The van der Waals surface area contributed by atoms with Gasteiger partial charge in [0.05, 0.1) is 35.4 Å². The van der Waals surface area contributed by atoms with Gasteiger partial charge in [-0.05, 0) is 69.4 Å². The average Bonchev–Trinajstić information content (AvgIpc) is 3.96. The predicted octanol–water partition coefficient (Wildman–Crippen LogP) is 5.77. The highest BCUT2D eigenvalue weighted by molar-refractivity contribution is 7.91. The number of rotatable bonds is 16. The van der Waals surface area contributed by atoms with E-state index in [2.05, 4.69) is 36.1 Å². The lowest BCUT2D eigenvalue weighted by atomic mass is 9.93. The average molecular weight is 754 g/mol. The number of unbranched alkanes of at least 4 members (excludes halogenated alkanes) is 3. The van der Waals surface area contributed by atoms with E-state index in [1.807, 2.05) is 30.5 Å². The first-order valence-electron chi connectivity index (χ1n) is 18.5. The Balaban J connectivity index is 1.27. The van der Waals surface area contributed by atoms with Gasteiger partial charge in [0.2, 0.25) is 21.8 Å².